The number of likely N-dealkylation sites (N-methyl/N-ethyl adjacent to an activating group) is 1. The van der Waals surface area contributed by atoms with Gasteiger partial charge in [0.1, 0.15) is 5.82 Å². The molecule has 0 aliphatic heterocycles. The zero-order valence-electron chi connectivity index (χ0n) is 11.0. The molecule has 0 saturated heterocycles. The zero-order valence-corrected chi connectivity index (χ0v) is 12.6. The fraction of sp³-hybridized carbons (Fsp3) is 0.357. The molecule has 1 aromatic carbocycles. The van der Waals surface area contributed by atoms with Gasteiger partial charge in [0.2, 0.25) is 0 Å². The van der Waals surface area contributed by atoms with E-state index in [1.807, 2.05) is 32.3 Å². The summed E-state index contributed by atoms with van der Waals surface area (Å²) in [6.45, 7) is 2.87. The van der Waals surface area contributed by atoms with Crippen LogP contribution >= 0.6 is 15.9 Å². The molecule has 2 aromatic rings. The van der Waals surface area contributed by atoms with E-state index in [9.17, 15) is 4.39 Å². The molecular weight excluding hydrogens is 309 g/mol. The van der Waals surface area contributed by atoms with Crippen molar-refractivity contribution in [1.82, 2.24) is 15.1 Å². The molecule has 2 rings (SSSR count). The van der Waals surface area contributed by atoms with Gasteiger partial charge in [-0.1, -0.05) is 13.0 Å². The van der Waals surface area contributed by atoms with Crippen molar-refractivity contribution in [2.24, 2.45) is 7.05 Å². The maximum Gasteiger partial charge on any atom is 0.137 e. The van der Waals surface area contributed by atoms with E-state index >= 15 is 0 Å². The summed E-state index contributed by atoms with van der Waals surface area (Å²) < 4.78 is 15.9. The van der Waals surface area contributed by atoms with Gasteiger partial charge in [-0.3, -0.25) is 4.68 Å². The van der Waals surface area contributed by atoms with Crippen LogP contribution in [0.1, 0.15) is 24.2 Å². The maximum atomic E-state index is 13.6. The number of aryl methyl sites for hydroxylation is 1. The Morgan fingerprint density at radius 2 is 2.21 bits per heavy atom. The van der Waals surface area contributed by atoms with E-state index in [4.69, 9.17) is 0 Å². The second-order valence-corrected chi connectivity index (χ2v) is 5.32. The van der Waals surface area contributed by atoms with Crippen LogP contribution in [-0.4, -0.2) is 16.3 Å². The summed E-state index contributed by atoms with van der Waals surface area (Å²) in [6.07, 6.45) is 2.66. The van der Waals surface area contributed by atoms with Crippen molar-refractivity contribution in [2.75, 3.05) is 6.54 Å². The molecule has 1 unspecified atom stereocenters. The summed E-state index contributed by atoms with van der Waals surface area (Å²) >= 11 is 3.18. The molecule has 0 aliphatic rings. The molecule has 5 heteroatoms. The highest BCUT2D eigenvalue weighted by Crippen LogP contribution is 2.23. The number of nitrogens with one attached hydrogen (secondary N) is 1. The van der Waals surface area contributed by atoms with Gasteiger partial charge in [-0.2, -0.15) is 5.10 Å². The third-order valence-corrected chi connectivity index (χ3v) is 3.62. The Morgan fingerprint density at radius 3 is 2.79 bits per heavy atom. The molecular formula is C14H17BrFN3. The minimum Gasteiger partial charge on any atom is -0.310 e. The molecule has 3 nitrogen and oxygen atoms in total. The van der Waals surface area contributed by atoms with Crippen LogP contribution in [0.15, 0.2) is 34.9 Å². The largest absolute Gasteiger partial charge is 0.310 e. The van der Waals surface area contributed by atoms with Crippen molar-refractivity contribution in [1.29, 1.82) is 0 Å². The monoisotopic (exact) mass is 325 g/mol. The first kappa shape index (κ1) is 14.2. The topological polar surface area (TPSA) is 29.9 Å². The Balaban J connectivity index is 2.21. The first-order chi connectivity index (χ1) is 9.10. The minimum absolute atomic E-state index is 0.0718. The maximum absolute atomic E-state index is 13.6. The third-order valence-electron chi connectivity index (χ3n) is 2.98. The van der Waals surface area contributed by atoms with Crippen LogP contribution in [0.4, 0.5) is 4.39 Å². The van der Waals surface area contributed by atoms with Gasteiger partial charge in [-0.05, 0) is 46.2 Å². The summed E-state index contributed by atoms with van der Waals surface area (Å²) in [7, 11) is 1.89. The Kier molecular flexibility index (Phi) is 4.71. The molecule has 1 N–H and O–H groups in total. The molecule has 1 aromatic heterocycles. The van der Waals surface area contributed by atoms with Crippen LogP contribution in [-0.2, 0) is 13.5 Å². The standard InChI is InChI=1S/C14H17BrFN3/c1-3-17-14(9-11-6-7-19(2)18-11)10-4-5-12(15)13(16)8-10/h4-8,14,17H,3,9H2,1-2H3. The van der Waals surface area contributed by atoms with Crippen molar-refractivity contribution < 1.29 is 4.39 Å². The van der Waals surface area contributed by atoms with Gasteiger partial charge in [-0.25, -0.2) is 4.39 Å². The lowest BCUT2D eigenvalue weighted by Crippen LogP contribution is -2.23. The fourth-order valence-electron chi connectivity index (χ4n) is 2.06. The lowest BCUT2D eigenvalue weighted by molar-refractivity contribution is 0.533. The smallest absolute Gasteiger partial charge is 0.137 e. The van der Waals surface area contributed by atoms with Crippen LogP contribution < -0.4 is 5.32 Å². The molecule has 0 amide bonds. The number of halogens is 2. The molecule has 0 spiro atoms. The quantitative estimate of drug-likeness (QED) is 0.914. The van der Waals surface area contributed by atoms with Crippen LogP contribution in [0.3, 0.4) is 0 Å². The van der Waals surface area contributed by atoms with Crippen molar-refractivity contribution in [2.45, 2.75) is 19.4 Å². The summed E-state index contributed by atoms with van der Waals surface area (Å²) in [4.78, 5) is 0. The fourth-order valence-corrected chi connectivity index (χ4v) is 2.31. The van der Waals surface area contributed by atoms with E-state index in [1.165, 1.54) is 0 Å². The molecule has 0 bridgehead atoms. The van der Waals surface area contributed by atoms with Gasteiger partial charge in [0.25, 0.3) is 0 Å². The molecule has 0 radical (unpaired) electrons. The van der Waals surface area contributed by atoms with Gasteiger partial charge in [-0.15, -0.1) is 0 Å². The van der Waals surface area contributed by atoms with Gasteiger partial charge in [0, 0.05) is 25.7 Å². The average molecular weight is 326 g/mol. The zero-order chi connectivity index (χ0) is 13.8. The van der Waals surface area contributed by atoms with Crippen molar-refractivity contribution in [3.63, 3.8) is 0 Å². The Hall–Kier alpha value is -1.20. The molecule has 1 atom stereocenters. The average Bonchev–Trinajstić information content (AvgIpc) is 2.78. The first-order valence-electron chi connectivity index (χ1n) is 6.27. The lowest BCUT2D eigenvalue weighted by Gasteiger charge is -2.17. The highest BCUT2D eigenvalue weighted by Gasteiger charge is 2.14. The summed E-state index contributed by atoms with van der Waals surface area (Å²) in [6, 6.07) is 7.30. The second kappa shape index (κ2) is 6.30. The first-order valence-corrected chi connectivity index (χ1v) is 7.06. The number of nitrogens with zero attached hydrogens (tertiary/aromatic N) is 2. The second-order valence-electron chi connectivity index (χ2n) is 4.47. The van der Waals surface area contributed by atoms with Crippen LogP contribution in [0, 0.1) is 5.82 Å². The van der Waals surface area contributed by atoms with Gasteiger partial charge >= 0.3 is 0 Å². The third kappa shape index (κ3) is 3.64. The number of hydrogen-bond donors (Lipinski definition) is 1. The Labute approximate surface area is 121 Å². The van der Waals surface area contributed by atoms with E-state index in [2.05, 4.69) is 26.3 Å². The SMILES string of the molecule is CCNC(Cc1ccn(C)n1)c1ccc(Br)c(F)c1. The van der Waals surface area contributed by atoms with E-state index < -0.39 is 0 Å². The van der Waals surface area contributed by atoms with Crippen molar-refractivity contribution in [3.05, 3.63) is 52.0 Å². The van der Waals surface area contributed by atoms with E-state index in [-0.39, 0.29) is 11.9 Å². The lowest BCUT2D eigenvalue weighted by atomic mass is 10.0. The molecule has 0 aliphatic carbocycles. The predicted molar refractivity (Wildman–Crippen MR) is 77.4 cm³/mol. The van der Waals surface area contributed by atoms with E-state index in [0.29, 0.717) is 4.47 Å². The normalized spacial score (nSPS) is 12.6. The molecule has 102 valence electrons. The van der Waals surface area contributed by atoms with E-state index in [1.54, 1.807) is 16.8 Å². The number of rotatable bonds is 5. The van der Waals surface area contributed by atoms with Crippen LogP contribution in [0.2, 0.25) is 0 Å². The Morgan fingerprint density at radius 1 is 1.42 bits per heavy atom. The Bertz CT molecular complexity index is 553. The summed E-state index contributed by atoms with van der Waals surface area (Å²) in [5, 5.41) is 7.74. The van der Waals surface area contributed by atoms with Crippen LogP contribution in [0.25, 0.3) is 0 Å². The van der Waals surface area contributed by atoms with Gasteiger partial charge < -0.3 is 5.32 Å². The van der Waals surface area contributed by atoms with Crippen molar-refractivity contribution >= 4 is 15.9 Å². The van der Waals surface area contributed by atoms with Crippen LogP contribution in [0.5, 0.6) is 0 Å². The molecule has 19 heavy (non-hydrogen) atoms. The number of benzene rings is 1. The molecule has 0 saturated carbocycles. The summed E-state index contributed by atoms with van der Waals surface area (Å²) in [5.41, 5.74) is 1.94. The van der Waals surface area contributed by atoms with Gasteiger partial charge in [0.15, 0.2) is 0 Å². The summed E-state index contributed by atoms with van der Waals surface area (Å²) in [5.74, 6) is -0.235. The molecule has 0 fully saturated rings. The highest BCUT2D eigenvalue weighted by molar-refractivity contribution is 9.10. The van der Waals surface area contributed by atoms with Crippen molar-refractivity contribution in [3.8, 4) is 0 Å². The number of hydrogen-bond acceptors (Lipinski definition) is 2. The molecule has 1 heterocycles. The van der Waals surface area contributed by atoms with Gasteiger partial charge in [0.05, 0.1) is 10.2 Å². The number of aromatic nitrogens is 2. The highest BCUT2D eigenvalue weighted by atomic mass is 79.9. The van der Waals surface area contributed by atoms with E-state index in [0.717, 1.165) is 24.2 Å². The predicted octanol–water partition coefficient (Wildman–Crippen LogP) is 3.22. The minimum atomic E-state index is -0.235.